The molecule has 88 valence electrons. The molecule has 0 aliphatic rings. The van der Waals surface area contributed by atoms with E-state index in [4.69, 9.17) is 4.74 Å². The summed E-state index contributed by atoms with van der Waals surface area (Å²) in [4.78, 5) is 15.6. The topological polar surface area (TPSA) is 39.2 Å². The zero-order valence-electron chi connectivity index (χ0n) is 9.57. The quantitative estimate of drug-likeness (QED) is 0.615. The van der Waals surface area contributed by atoms with Gasteiger partial charge < -0.3 is 4.74 Å². The fourth-order valence-electron chi connectivity index (χ4n) is 1.37. The molecule has 0 aliphatic heterocycles. The predicted octanol–water partition coefficient (Wildman–Crippen LogP) is 3.44. The highest BCUT2D eigenvalue weighted by Crippen LogP contribution is 2.10. The molecule has 1 aromatic heterocycles. The molecule has 0 saturated carbocycles. The van der Waals surface area contributed by atoms with E-state index < -0.39 is 0 Å². The molecule has 1 aromatic rings. The second kappa shape index (κ2) is 6.63. The summed E-state index contributed by atoms with van der Waals surface area (Å²) in [6.07, 6.45) is 3.70. The minimum Gasteiger partial charge on any atom is -0.462 e. The highest BCUT2D eigenvalue weighted by Gasteiger charge is 2.09. The fraction of sp³-hybridized carbons (Fsp3) is 0.500. The van der Waals surface area contributed by atoms with Crippen LogP contribution in [0.4, 0.5) is 0 Å². The first-order valence-electron chi connectivity index (χ1n) is 5.42. The van der Waals surface area contributed by atoms with Gasteiger partial charge >= 0.3 is 5.97 Å². The van der Waals surface area contributed by atoms with Crippen molar-refractivity contribution in [2.75, 3.05) is 6.61 Å². The lowest BCUT2D eigenvalue weighted by molar-refractivity contribution is 0.0443. The molecule has 1 rings (SSSR count). The largest absolute Gasteiger partial charge is 0.462 e. The van der Waals surface area contributed by atoms with Gasteiger partial charge in [-0.15, -0.1) is 0 Å². The Bertz CT molecular complexity index is 337. The summed E-state index contributed by atoms with van der Waals surface area (Å²) in [5, 5.41) is 0. The van der Waals surface area contributed by atoms with Crippen molar-refractivity contribution in [2.24, 2.45) is 5.92 Å². The van der Waals surface area contributed by atoms with Gasteiger partial charge in [0.25, 0.3) is 0 Å². The Morgan fingerprint density at radius 1 is 1.56 bits per heavy atom. The van der Waals surface area contributed by atoms with Crippen molar-refractivity contribution in [3.63, 3.8) is 0 Å². The number of rotatable bonds is 5. The van der Waals surface area contributed by atoms with Gasteiger partial charge in [0.15, 0.2) is 0 Å². The maximum atomic E-state index is 11.6. The Hall–Kier alpha value is -0.900. The van der Waals surface area contributed by atoms with Crippen LogP contribution in [0.1, 0.15) is 37.0 Å². The average molecular weight is 286 g/mol. The number of hydrogen-bond donors (Lipinski definition) is 0. The molecule has 4 heteroatoms. The molecule has 0 spiro atoms. The summed E-state index contributed by atoms with van der Waals surface area (Å²) in [5.41, 5.74) is 0.492. The first-order valence-corrected chi connectivity index (χ1v) is 6.21. The van der Waals surface area contributed by atoms with Gasteiger partial charge in [-0.1, -0.05) is 20.3 Å². The highest BCUT2D eigenvalue weighted by molar-refractivity contribution is 9.10. The summed E-state index contributed by atoms with van der Waals surface area (Å²) in [5.74, 6) is 0.111. The number of carbonyl (C=O) groups excluding carboxylic acids is 1. The van der Waals surface area contributed by atoms with Gasteiger partial charge in [0.1, 0.15) is 4.60 Å². The minimum atomic E-state index is -0.303. The number of ether oxygens (including phenoxy) is 1. The predicted molar refractivity (Wildman–Crippen MR) is 66.3 cm³/mol. The van der Waals surface area contributed by atoms with Crippen LogP contribution in [0, 0.1) is 5.92 Å². The number of aromatic nitrogens is 1. The van der Waals surface area contributed by atoms with Crippen LogP contribution in [0.2, 0.25) is 0 Å². The molecule has 0 N–H and O–H groups in total. The van der Waals surface area contributed by atoms with Gasteiger partial charge in [0.05, 0.1) is 12.2 Å². The van der Waals surface area contributed by atoms with Gasteiger partial charge in [-0.2, -0.15) is 0 Å². The lowest BCUT2D eigenvalue weighted by Gasteiger charge is -2.10. The van der Waals surface area contributed by atoms with Crippen molar-refractivity contribution < 1.29 is 9.53 Å². The second-order valence-corrected chi connectivity index (χ2v) is 4.67. The van der Waals surface area contributed by atoms with Crippen LogP contribution >= 0.6 is 15.9 Å². The molecule has 3 nitrogen and oxygen atoms in total. The van der Waals surface area contributed by atoms with Crippen LogP contribution in [-0.2, 0) is 4.74 Å². The van der Waals surface area contributed by atoms with Crippen LogP contribution in [-0.4, -0.2) is 17.6 Å². The van der Waals surface area contributed by atoms with Gasteiger partial charge in [-0.25, -0.2) is 9.78 Å². The van der Waals surface area contributed by atoms with E-state index in [0.717, 1.165) is 12.8 Å². The third-order valence-corrected chi connectivity index (χ3v) is 2.71. The van der Waals surface area contributed by atoms with Crippen molar-refractivity contribution in [1.29, 1.82) is 0 Å². The SMILES string of the molecule is CCCC(C)COC(=O)c1ccc(Br)nc1. The van der Waals surface area contributed by atoms with E-state index in [9.17, 15) is 4.79 Å². The molecule has 0 bridgehead atoms. The number of hydrogen-bond acceptors (Lipinski definition) is 3. The Morgan fingerprint density at radius 3 is 2.88 bits per heavy atom. The average Bonchev–Trinajstić information content (AvgIpc) is 2.27. The molecular formula is C12H16BrNO2. The monoisotopic (exact) mass is 285 g/mol. The molecule has 0 fully saturated rings. The standard InChI is InChI=1S/C12H16BrNO2/c1-3-4-9(2)8-16-12(15)10-5-6-11(13)14-7-10/h5-7,9H,3-4,8H2,1-2H3. The first kappa shape index (κ1) is 13.2. The number of pyridine rings is 1. The van der Waals surface area contributed by atoms with Gasteiger partial charge in [-0.05, 0) is 40.4 Å². The summed E-state index contributed by atoms with van der Waals surface area (Å²) in [6.45, 7) is 4.68. The van der Waals surface area contributed by atoms with Gasteiger partial charge in [0, 0.05) is 6.20 Å². The summed E-state index contributed by atoms with van der Waals surface area (Å²) in [7, 11) is 0. The summed E-state index contributed by atoms with van der Waals surface area (Å²) in [6, 6.07) is 3.43. The van der Waals surface area contributed by atoms with E-state index in [0.29, 0.717) is 22.7 Å². The van der Waals surface area contributed by atoms with Crippen LogP contribution in [0.15, 0.2) is 22.9 Å². The fourth-order valence-corrected chi connectivity index (χ4v) is 1.61. The van der Waals surface area contributed by atoms with E-state index >= 15 is 0 Å². The second-order valence-electron chi connectivity index (χ2n) is 3.86. The Morgan fingerprint density at radius 2 is 2.31 bits per heavy atom. The Kier molecular flexibility index (Phi) is 5.46. The molecule has 0 aliphatic carbocycles. The smallest absolute Gasteiger partial charge is 0.339 e. The zero-order chi connectivity index (χ0) is 12.0. The third kappa shape index (κ3) is 4.31. The van der Waals surface area contributed by atoms with Crippen molar-refractivity contribution in [3.05, 3.63) is 28.5 Å². The molecule has 0 radical (unpaired) electrons. The highest BCUT2D eigenvalue weighted by atomic mass is 79.9. The van der Waals surface area contributed by atoms with Crippen molar-refractivity contribution in [1.82, 2.24) is 4.98 Å². The normalized spacial score (nSPS) is 12.2. The van der Waals surface area contributed by atoms with Crippen LogP contribution in [0.3, 0.4) is 0 Å². The van der Waals surface area contributed by atoms with Crippen LogP contribution in [0.25, 0.3) is 0 Å². The third-order valence-electron chi connectivity index (χ3n) is 2.24. The molecule has 0 saturated heterocycles. The van der Waals surface area contributed by atoms with E-state index in [1.807, 2.05) is 0 Å². The van der Waals surface area contributed by atoms with Crippen molar-refractivity contribution >= 4 is 21.9 Å². The summed E-state index contributed by atoms with van der Waals surface area (Å²) >= 11 is 3.21. The molecular weight excluding hydrogens is 270 g/mol. The maximum absolute atomic E-state index is 11.6. The lowest BCUT2D eigenvalue weighted by atomic mass is 10.1. The number of carbonyl (C=O) groups is 1. The van der Waals surface area contributed by atoms with Gasteiger partial charge in [-0.3, -0.25) is 0 Å². The molecule has 1 unspecified atom stereocenters. The van der Waals surface area contributed by atoms with E-state index in [1.165, 1.54) is 6.20 Å². The summed E-state index contributed by atoms with van der Waals surface area (Å²) < 4.78 is 5.90. The number of nitrogens with zero attached hydrogens (tertiary/aromatic N) is 1. The zero-order valence-corrected chi connectivity index (χ0v) is 11.2. The van der Waals surface area contributed by atoms with E-state index in [2.05, 4.69) is 34.8 Å². The van der Waals surface area contributed by atoms with E-state index in [1.54, 1.807) is 12.1 Å². The van der Waals surface area contributed by atoms with Crippen LogP contribution < -0.4 is 0 Å². The number of halogens is 1. The number of esters is 1. The van der Waals surface area contributed by atoms with E-state index in [-0.39, 0.29) is 5.97 Å². The Labute approximate surface area is 104 Å². The van der Waals surface area contributed by atoms with Crippen LogP contribution in [0.5, 0.6) is 0 Å². The van der Waals surface area contributed by atoms with Gasteiger partial charge in [0.2, 0.25) is 0 Å². The molecule has 0 aromatic carbocycles. The van der Waals surface area contributed by atoms with Crippen molar-refractivity contribution in [2.45, 2.75) is 26.7 Å². The minimum absolute atomic E-state index is 0.303. The van der Waals surface area contributed by atoms with Crippen molar-refractivity contribution in [3.8, 4) is 0 Å². The molecule has 1 atom stereocenters. The molecule has 0 amide bonds. The first-order chi connectivity index (χ1) is 7.63. The maximum Gasteiger partial charge on any atom is 0.339 e. The molecule has 1 heterocycles. The Balaban J connectivity index is 2.43. The lowest BCUT2D eigenvalue weighted by Crippen LogP contribution is -2.12. The molecule has 16 heavy (non-hydrogen) atoms.